The summed E-state index contributed by atoms with van der Waals surface area (Å²) in [5.41, 5.74) is 15.9. The second kappa shape index (κ2) is 15.4. The number of nitrogens with one attached hydrogen (secondary N) is 3. The summed E-state index contributed by atoms with van der Waals surface area (Å²) in [6.45, 7) is 0.524. The first kappa shape index (κ1) is 30.5. The maximum atomic E-state index is 12.8. The Labute approximate surface area is 194 Å². The molecule has 0 fully saturated rings. The van der Waals surface area contributed by atoms with Gasteiger partial charge in [-0.1, -0.05) is 0 Å². The predicted molar refractivity (Wildman–Crippen MR) is 117 cm³/mol. The van der Waals surface area contributed by atoms with E-state index >= 15 is 0 Å². The van der Waals surface area contributed by atoms with Crippen molar-refractivity contribution in [3.63, 3.8) is 0 Å². The first-order valence-corrected chi connectivity index (χ1v) is 10.3. The van der Waals surface area contributed by atoms with Gasteiger partial charge in [0.15, 0.2) is 12.0 Å². The summed E-state index contributed by atoms with van der Waals surface area (Å²) >= 11 is 0. The van der Waals surface area contributed by atoms with Crippen LogP contribution in [0, 0.1) is 0 Å². The summed E-state index contributed by atoms with van der Waals surface area (Å²) in [7, 11) is 0. The van der Waals surface area contributed by atoms with Gasteiger partial charge >= 0.3 is 11.9 Å². The molecule has 194 valence electrons. The van der Waals surface area contributed by atoms with Crippen LogP contribution in [-0.2, 0) is 24.0 Å². The number of hydrogen-bond donors (Lipinski definition) is 10. The first-order chi connectivity index (χ1) is 15.8. The van der Waals surface area contributed by atoms with Crippen LogP contribution in [0.15, 0.2) is 4.99 Å². The molecule has 3 amide bonds. The maximum Gasteiger partial charge on any atom is 0.328 e. The van der Waals surface area contributed by atoms with Gasteiger partial charge in [0.05, 0.1) is 12.7 Å². The van der Waals surface area contributed by atoms with Gasteiger partial charge in [-0.15, -0.1) is 0 Å². The van der Waals surface area contributed by atoms with Gasteiger partial charge in [-0.05, 0) is 26.2 Å². The monoisotopic (exact) mass is 491 g/mol. The van der Waals surface area contributed by atoms with Gasteiger partial charge in [-0.25, -0.2) is 4.79 Å². The molecular formula is C18H33N7O9. The molecule has 0 rings (SSSR count). The third-order valence-corrected chi connectivity index (χ3v) is 4.44. The number of nitrogens with zero attached hydrogens (tertiary/aromatic N) is 1. The minimum absolute atomic E-state index is 0.0226. The number of carboxylic acid groups (broad SMARTS) is 2. The molecule has 0 aliphatic carbocycles. The number of aliphatic imine (C=N–C) groups is 1. The van der Waals surface area contributed by atoms with Gasteiger partial charge in [-0.3, -0.25) is 24.2 Å². The van der Waals surface area contributed by atoms with Crippen molar-refractivity contribution >= 4 is 35.6 Å². The molecule has 0 heterocycles. The molecule has 13 N–H and O–H groups in total. The Bertz CT molecular complexity index is 756. The average molecular weight is 492 g/mol. The molecule has 0 aromatic rings. The third-order valence-electron chi connectivity index (χ3n) is 4.44. The normalized spacial score (nSPS) is 15.1. The molecule has 5 atom stereocenters. The molecule has 0 aliphatic rings. The van der Waals surface area contributed by atoms with E-state index in [-0.39, 0.29) is 25.3 Å². The van der Waals surface area contributed by atoms with Crippen molar-refractivity contribution in [2.75, 3.05) is 13.2 Å². The van der Waals surface area contributed by atoms with E-state index in [4.69, 9.17) is 32.5 Å². The number of nitrogens with two attached hydrogens (primary N) is 3. The number of aliphatic carboxylic acids is 2. The molecular weight excluding hydrogens is 458 g/mol. The number of aliphatic hydroxyl groups excluding tert-OH is 2. The van der Waals surface area contributed by atoms with Crippen LogP contribution >= 0.6 is 0 Å². The number of carboxylic acids is 2. The van der Waals surface area contributed by atoms with E-state index in [1.165, 1.54) is 0 Å². The third kappa shape index (κ3) is 11.9. The lowest BCUT2D eigenvalue weighted by Gasteiger charge is -2.25. The molecule has 0 saturated heterocycles. The summed E-state index contributed by atoms with van der Waals surface area (Å²) in [5, 5.41) is 43.3. The highest BCUT2D eigenvalue weighted by Gasteiger charge is 2.32. The van der Waals surface area contributed by atoms with Crippen molar-refractivity contribution in [3.8, 4) is 0 Å². The Morgan fingerprint density at radius 1 is 0.912 bits per heavy atom. The van der Waals surface area contributed by atoms with E-state index in [0.717, 1.165) is 6.92 Å². The largest absolute Gasteiger partial charge is 0.481 e. The van der Waals surface area contributed by atoms with Crippen molar-refractivity contribution < 1.29 is 44.4 Å². The van der Waals surface area contributed by atoms with Crippen LogP contribution in [0.5, 0.6) is 0 Å². The SMILES string of the molecule is CC(O)C(NC(=O)C(CCC(=O)O)NC(=O)C(CCCN=C(N)N)NC(=O)C(N)CO)C(=O)O. The fourth-order valence-electron chi connectivity index (χ4n) is 2.59. The highest BCUT2D eigenvalue weighted by Crippen LogP contribution is 2.05. The molecule has 0 aromatic carbocycles. The minimum Gasteiger partial charge on any atom is -0.481 e. The van der Waals surface area contributed by atoms with Crippen LogP contribution in [0.3, 0.4) is 0 Å². The summed E-state index contributed by atoms with van der Waals surface area (Å²) in [6.07, 6.45) is -2.27. The van der Waals surface area contributed by atoms with E-state index in [9.17, 15) is 29.1 Å². The molecule has 0 aliphatic heterocycles. The zero-order valence-electron chi connectivity index (χ0n) is 18.6. The Morgan fingerprint density at radius 2 is 1.44 bits per heavy atom. The van der Waals surface area contributed by atoms with Crippen LogP contribution in [0.25, 0.3) is 0 Å². The molecule has 16 heteroatoms. The molecule has 0 aromatic heterocycles. The second-order valence-electron chi connectivity index (χ2n) is 7.36. The number of carbonyl (C=O) groups excluding carboxylic acids is 3. The fourth-order valence-corrected chi connectivity index (χ4v) is 2.59. The Balaban J connectivity index is 5.59. The standard InChI is InChI=1S/C18H33N7O9/c1-8(27)13(17(33)34)25-16(32)11(4-5-12(28)29)24-15(31)10(3-2-6-22-18(20)21)23-14(30)9(19)7-26/h8-11,13,26-27H,2-7,19H2,1H3,(H,23,30)(H,24,31)(H,25,32)(H,28,29)(H,33,34)(H4,20,21,22). The smallest absolute Gasteiger partial charge is 0.328 e. The Hall–Kier alpha value is -3.50. The first-order valence-electron chi connectivity index (χ1n) is 10.3. The van der Waals surface area contributed by atoms with Gasteiger partial charge in [0.1, 0.15) is 18.1 Å². The number of amides is 3. The number of hydrogen-bond acceptors (Lipinski definition) is 9. The maximum absolute atomic E-state index is 12.8. The van der Waals surface area contributed by atoms with Crippen LogP contribution in [0.1, 0.15) is 32.6 Å². The van der Waals surface area contributed by atoms with Crippen molar-refractivity contribution in [3.05, 3.63) is 0 Å². The van der Waals surface area contributed by atoms with Gasteiger partial charge in [0.25, 0.3) is 0 Å². The van der Waals surface area contributed by atoms with Crippen molar-refractivity contribution in [2.45, 2.75) is 62.9 Å². The van der Waals surface area contributed by atoms with E-state index in [1.54, 1.807) is 0 Å². The molecule has 16 nitrogen and oxygen atoms in total. The van der Waals surface area contributed by atoms with Crippen molar-refractivity contribution in [1.82, 2.24) is 16.0 Å². The zero-order valence-corrected chi connectivity index (χ0v) is 18.6. The lowest BCUT2D eigenvalue weighted by atomic mass is 10.1. The lowest BCUT2D eigenvalue weighted by Crippen LogP contribution is -2.58. The topological polar surface area (TPSA) is 293 Å². The predicted octanol–water partition coefficient (Wildman–Crippen LogP) is -4.86. The van der Waals surface area contributed by atoms with E-state index in [2.05, 4.69) is 15.6 Å². The molecule has 0 spiro atoms. The summed E-state index contributed by atoms with van der Waals surface area (Å²) < 4.78 is 0. The van der Waals surface area contributed by atoms with Crippen LogP contribution in [-0.4, -0.2) is 99.5 Å². The quantitative estimate of drug-likeness (QED) is 0.0552. The minimum atomic E-state index is -1.71. The van der Waals surface area contributed by atoms with Crippen molar-refractivity contribution in [2.24, 2.45) is 22.2 Å². The van der Waals surface area contributed by atoms with Crippen LogP contribution < -0.4 is 33.2 Å². The number of carbonyl (C=O) groups is 5. The number of guanidine groups is 1. The van der Waals surface area contributed by atoms with E-state index in [0.29, 0.717) is 0 Å². The molecule has 5 unspecified atom stereocenters. The van der Waals surface area contributed by atoms with Gasteiger partial charge in [0, 0.05) is 13.0 Å². The highest BCUT2D eigenvalue weighted by atomic mass is 16.4. The highest BCUT2D eigenvalue weighted by molar-refractivity contribution is 5.94. The molecule has 0 radical (unpaired) electrons. The van der Waals surface area contributed by atoms with Crippen LogP contribution in [0.2, 0.25) is 0 Å². The van der Waals surface area contributed by atoms with Gasteiger partial charge in [0.2, 0.25) is 17.7 Å². The summed E-state index contributed by atoms with van der Waals surface area (Å²) in [6, 6.07) is -5.82. The molecule has 0 saturated carbocycles. The Morgan fingerprint density at radius 3 is 1.91 bits per heavy atom. The molecule has 0 bridgehead atoms. The zero-order chi connectivity index (χ0) is 26.4. The second-order valence-corrected chi connectivity index (χ2v) is 7.36. The van der Waals surface area contributed by atoms with Crippen LogP contribution in [0.4, 0.5) is 0 Å². The summed E-state index contributed by atoms with van der Waals surface area (Å²) in [5.74, 6) is -5.85. The average Bonchev–Trinajstić information content (AvgIpc) is 2.74. The summed E-state index contributed by atoms with van der Waals surface area (Å²) in [4.78, 5) is 63.4. The number of rotatable bonds is 16. The van der Waals surface area contributed by atoms with E-state index in [1.807, 2.05) is 5.32 Å². The van der Waals surface area contributed by atoms with Gasteiger partial charge < -0.3 is 53.6 Å². The lowest BCUT2D eigenvalue weighted by molar-refractivity contribution is -0.145. The fraction of sp³-hybridized carbons (Fsp3) is 0.667. The van der Waals surface area contributed by atoms with E-state index < -0.39 is 79.4 Å². The molecule has 34 heavy (non-hydrogen) atoms. The Kier molecular flexibility index (Phi) is 13.8. The van der Waals surface area contributed by atoms with Gasteiger partial charge in [-0.2, -0.15) is 0 Å². The van der Waals surface area contributed by atoms with Crippen molar-refractivity contribution in [1.29, 1.82) is 0 Å². The number of aliphatic hydroxyl groups is 2.